The Hall–Kier alpha value is -1.77. The molecule has 1 aromatic heterocycles. The fourth-order valence-electron chi connectivity index (χ4n) is 4.07. The number of fused-ring (bicyclic) bond motifs is 3. The summed E-state index contributed by atoms with van der Waals surface area (Å²) in [5.74, 6) is 0.829. The van der Waals surface area contributed by atoms with E-state index in [0.29, 0.717) is 6.04 Å². The predicted octanol–water partition coefficient (Wildman–Crippen LogP) is 3.97. The molecule has 3 heteroatoms. The van der Waals surface area contributed by atoms with Gasteiger partial charge in [-0.1, -0.05) is 19.8 Å². The van der Waals surface area contributed by atoms with Crippen molar-refractivity contribution in [3.63, 3.8) is 0 Å². The smallest absolute Gasteiger partial charge is 0.251 e. The Balaban J connectivity index is 1.64. The zero-order chi connectivity index (χ0) is 15.1. The second kappa shape index (κ2) is 5.45. The fourth-order valence-corrected chi connectivity index (χ4v) is 4.07. The van der Waals surface area contributed by atoms with Crippen LogP contribution in [0.3, 0.4) is 0 Å². The number of amides is 1. The van der Waals surface area contributed by atoms with Gasteiger partial charge in [-0.3, -0.25) is 4.79 Å². The Labute approximate surface area is 131 Å². The molecule has 0 radical (unpaired) electrons. The number of benzene rings is 1. The van der Waals surface area contributed by atoms with Crippen LogP contribution in [0.15, 0.2) is 18.2 Å². The molecule has 0 spiro atoms. The molecule has 1 fully saturated rings. The number of H-pyrrole nitrogens is 1. The minimum atomic E-state index is 0.0904. The molecule has 0 bridgehead atoms. The van der Waals surface area contributed by atoms with E-state index in [9.17, 15) is 4.79 Å². The van der Waals surface area contributed by atoms with Gasteiger partial charge >= 0.3 is 0 Å². The van der Waals surface area contributed by atoms with Gasteiger partial charge in [-0.05, 0) is 61.8 Å². The third-order valence-electron chi connectivity index (χ3n) is 5.39. The summed E-state index contributed by atoms with van der Waals surface area (Å²) >= 11 is 0. The van der Waals surface area contributed by atoms with Gasteiger partial charge in [0, 0.05) is 28.2 Å². The lowest BCUT2D eigenvalue weighted by Gasteiger charge is -2.18. The minimum Gasteiger partial charge on any atom is -0.358 e. The first-order valence-corrected chi connectivity index (χ1v) is 8.65. The molecule has 2 N–H and O–H groups in total. The van der Waals surface area contributed by atoms with E-state index in [1.165, 1.54) is 41.4 Å². The van der Waals surface area contributed by atoms with E-state index in [2.05, 4.69) is 29.4 Å². The molecule has 2 aromatic rings. The number of hydrogen-bond acceptors (Lipinski definition) is 1. The van der Waals surface area contributed by atoms with Crippen LogP contribution in [0.1, 0.15) is 60.6 Å². The number of nitrogens with one attached hydrogen (secondary N) is 2. The number of carbonyl (C=O) groups is 1. The summed E-state index contributed by atoms with van der Waals surface area (Å²) in [4.78, 5) is 16.0. The maximum atomic E-state index is 12.5. The zero-order valence-electron chi connectivity index (χ0n) is 13.2. The number of aryl methyl sites for hydroxylation is 1. The van der Waals surface area contributed by atoms with Crippen molar-refractivity contribution in [1.29, 1.82) is 0 Å². The zero-order valence-corrected chi connectivity index (χ0v) is 13.2. The summed E-state index contributed by atoms with van der Waals surface area (Å²) in [6, 6.07) is 6.50. The molecule has 2 aliphatic rings. The monoisotopic (exact) mass is 296 g/mol. The maximum Gasteiger partial charge on any atom is 0.251 e. The topological polar surface area (TPSA) is 44.9 Å². The van der Waals surface area contributed by atoms with E-state index >= 15 is 0 Å². The summed E-state index contributed by atoms with van der Waals surface area (Å²) in [6.45, 7) is 2.32. The molecule has 116 valence electrons. The first kappa shape index (κ1) is 13.9. The highest BCUT2D eigenvalue weighted by Crippen LogP contribution is 2.32. The summed E-state index contributed by atoms with van der Waals surface area (Å²) in [7, 11) is 0. The molecule has 1 atom stereocenters. The van der Waals surface area contributed by atoms with Crippen LogP contribution in [0.25, 0.3) is 10.9 Å². The molecular formula is C19H24N2O. The Kier molecular flexibility index (Phi) is 3.44. The molecule has 0 saturated heterocycles. The predicted molar refractivity (Wildman–Crippen MR) is 89.2 cm³/mol. The molecule has 0 aliphatic heterocycles. The molecule has 2 aliphatic carbocycles. The Morgan fingerprint density at radius 2 is 2.05 bits per heavy atom. The van der Waals surface area contributed by atoms with Gasteiger partial charge in [0.1, 0.15) is 0 Å². The second-order valence-corrected chi connectivity index (χ2v) is 7.15. The minimum absolute atomic E-state index is 0.0904. The average molecular weight is 296 g/mol. The van der Waals surface area contributed by atoms with Crippen LogP contribution in [0.2, 0.25) is 0 Å². The number of aromatic nitrogens is 1. The van der Waals surface area contributed by atoms with Crippen LogP contribution in [0, 0.1) is 5.92 Å². The fraction of sp³-hybridized carbons (Fsp3) is 0.526. The number of hydrogen-bond donors (Lipinski definition) is 2. The number of aromatic amines is 1. The standard InChI is InChI=1S/C19H24N2O/c1-12-6-8-17-15(10-12)16-11-13(7-9-18(16)21-17)19(22)20-14-4-2-3-5-14/h7,9,11-12,14,21H,2-6,8,10H2,1H3,(H,20,22). The summed E-state index contributed by atoms with van der Waals surface area (Å²) in [5.41, 5.74) is 4.79. The van der Waals surface area contributed by atoms with E-state index in [4.69, 9.17) is 0 Å². The van der Waals surface area contributed by atoms with Gasteiger partial charge in [0.15, 0.2) is 0 Å². The maximum absolute atomic E-state index is 12.5. The van der Waals surface area contributed by atoms with Crippen LogP contribution in [-0.2, 0) is 12.8 Å². The molecular weight excluding hydrogens is 272 g/mol. The summed E-state index contributed by atoms with van der Waals surface area (Å²) < 4.78 is 0. The van der Waals surface area contributed by atoms with E-state index in [0.717, 1.165) is 37.2 Å². The van der Waals surface area contributed by atoms with Gasteiger partial charge in [0.2, 0.25) is 0 Å². The van der Waals surface area contributed by atoms with Crippen molar-refractivity contribution in [2.75, 3.05) is 0 Å². The Morgan fingerprint density at radius 3 is 2.86 bits per heavy atom. The SMILES string of the molecule is CC1CCc2[nH]c3ccc(C(=O)NC4CCCC4)cc3c2C1. The average Bonchev–Trinajstić information content (AvgIpc) is 3.14. The third-order valence-corrected chi connectivity index (χ3v) is 5.39. The van der Waals surface area contributed by atoms with Crippen molar-refractivity contribution in [2.24, 2.45) is 5.92 Å². The number of rotatable bonds is 2. The van der Waals surface area contributed by atoms with Crippen LogP contribution in [0.5, 0.6) is 0 Å². The van der Waals surface area contributed by atoms with Gasteiger partial charge in [-0.15, -0.1) is 0 Å². The van der Waals surface area contributed by atoms with Gasteiger partial charge in [0.05, 0.1) is 0 Å². The molecule has 4 rings (SSSR count). The lowest BCUT2D eigenvalue weighted by atomic mass is 9.87. The van der Waals surface area contributed by atoms with E-state index in [1.54, 1.807) is 0 Å². The second-order valence-electron chi connectivity index (χ2n) is 7.15. The lowest BCUT2D eigenvalue weighted by Crippen LogP contribution is -2.32. The van der Waals surface area contributed by atoms with Gasteiger partial charge < -0.3 is 10.3 Å². The normalized spacial score (nSPS) is 22.0. The van der Waals surface area contributed by atoms with E-state index in [1.807, 2.05) is 6.07 Å². The van der Waals surface area contributed by atoms with E-state index < -0.39 is 0 Å². The van der Waals surface area contributed by atoms with Crippen LogP contribution >= 0.6 is 0 Å². The highest BCUT2D eigenvalue weighted by molar-refractivity contribution is 5.99. The molecule has 22 heavy (non-hydrogen) atoms. The van der Waals surface area contributed by atoms with Gasteiger partial charge in [-0.25, -0.2) is 0 Å². The highest BCUT2D eigenvalue weighted by atomic mass is 16.1. The summed E-state index contributed by atoms with van der Waals surface area (Å²) in [5, 5.41) is 4.44. The molecule has 1 saturated carbocycles. The molecule has 1 unspecified atom stereocenters. The van der Waals surface area contributed by atoms with Gasteiger partial charge in [-0.2, -0.15) is 0 Å². The molecule has 1 amide bonds. The molecule has 1 heterocycles. The van der Waals surface area contributed by atoms with Crippen molar-refractivity contribution in [2.45, 2.75) is 57.9 Å². The van der Waals surface area contributed by atoms with Crippen molar-refractivity contribution < 1.29 is 4.79 Å². The molecule has 3 nitrogen and oxygen atoms in total. The van der Waals surface area contributed by atoms with E-state index in [-0.39, 0.29) is 5.91 Å². The Bertz CT molecular complexity index is 710. The lowest BCUT2D eigenvalue weighted by molar-refractivity contribution is 0.0938. The summed E-state index contributed by atoms with van der Waals surface area (Å²) in [6.07, 6.45) is 8.27. The van der Waals surface area contributed by atoms with Crippen molar-refractivity contribution in [1.82, 2.24) is 10.3 Å². The first-order valence-electron chi connectivity index (χ1n) is 8.65. The van der Waals surface area contributed by atoms with Crippen molar-refractivity contribution in [3.05, 3.63) is 35.0 Å². The van der Waals surface area contributed by atoms with Crippen molar-refractivity contribution >= 4 is 16.8 Å². The third kappa shape index (κ3) is 2.43. The largest absolute Gasteiger partial charge is 0.358 e. The van der Waals surface area contributed by atoms with Crippen LogP contribution < -0.4 is 5.32 Å². The van der Waals surface area contributed by atoms with Crippen LogP contribution in [-0.4, -0.2) is 16.9 Å². The van der Waals surface area contributed by atoms with Crippen molar-refractivity contribution in [3.8, 4) is 0 Å². The first-order chi connectivity index (χ1) is 10.7. The number of carbonyl (C=O) groups excluding carboxylic acids is 1. The van der Waals surface area contributed by atoms with Gasteiger partial charge in [0.25, 0.3) is 5.91 Å². The highest BCUT2D eigenvalue weighted by Gasteiger charge is 2.22. The molecule has 1 aromatic carbocycles. The van der Waals surface area contributed by atoms with Crippen LogP contribution in [0.4, 0.5) is 0 Å². The Morgan fingerprint density at radius 1 is 1.23 bits per heavy atom. The quantitative estimate of drug-likeness (QED) is 0.865.